The van der Waals surface area contributed by atoms with Gasteiger partial charge >= 0.3 is 0 Å². The zero-order valence-corrected chi connectivity index (χ0v) is 12.6. The minimum absolute atomic E-state index is 0.0617. The summed E-state index contributed by atoms with van der Waals surface area (Å²) in [7, 11) is -3.42. The highest BCUT2D eigenvalue weighted by molar-refractivity contribution is 7.89. The Morgan fingerprint density at radius 3 is 2.32 bits per heavy atom. The predicted octanol–water partition coefficient (Wildman–Crippen LogP) is 2.53. The molecule has 1 aliphatic heterocycles. The maximum atomic E-state index is 12.8. The topological polar surface area (TPSA) is 63.4 Å². The number of hydrogen-bond donors (Lipinski definition) is 1. The van der Waals surface area contributed by atoms with Crippen molar-refractivity contribution in [1.82, 2.24) is 4.31 Å². The molecule has 0 aliphatic carbocycles. The molecular weight excluding hydrogens is 260 g/mol. The molecule has 0 radical (unpaired) electrons. The van der Waals surface area contributed by atoms with Gasteiger partial charge in [0.1, 0.15) is 0 Å². The average molecular weight is 282 g/mol. The quantitative estimate of drug-likeness (QED) is 0.848. The van der Waals surface area contributed by atoms with Crippen LogP contribution in [0.5, 0.6) is 0 Å². The van der Waals surface area contributed by atoms with E-state index in [-0.39, 0.29) is 12.1 Å². The second-order valence-electron chi connectivity index (χ2n) is 5.48. The van der Waals surface area contributed by atoms with E-state index in [9.17, 15) is 8.42 Å². The molecule has 2 N–H and O–H groups in total. The van der Waals surface area contributed by atoms with Gasteiger partial charge in [0.05, 0.1) is 4.90 Å². The lowest BCUT2D eigenvalue weighted by atomic mass is 10.0. The van der Waals surface area contributed by atoms with Crippen molar-refractivity contribution in [2.75, 3.05) is 5.73 Å². The second-order valence-corrected chi connectivity index (χ2v) is 7.33. The summed E-state index contributed by atoms with van der Waals surface area (Å²) in [6.07, 6.45) is 2.95. The van der Waals surface area contributed by atoms with Crippen LogP contribution in [-0.2, 0) is 10.0 Å². The third-order valence-corrected chi connectivity index (χ3v) is 6.05. The summed E-state index contributed by atoms with van der Waals surface area (Å²) in [5, 5.41) is 0. The summed E-state index contributed by atoms with van der Waals surface area (Å²) in [6.45, 7) is 5.80. The van der Waals surface area contributed by atoms with Crippen molar-refractivity contribution in [1.29, 1.82) is 0 Å². The highest BCUT2D eigenvalue weighted by atomic mass is 32.2. The minimum Gasteiger partial charge on any atom is -0.399 e. The molecule has 106 valence electrons. The van der Waals surface area contributed by atoms with E-state index in [0.717, 1.165) is 24.8 Å². The summed E-state index contributed by atoms with van der Waals surface area (Å²) < 4.78 is 27.2. The van der Waals surface area contributed by atoms with Gasteiger partial charge in [-0.05, 0) is 57.4 Å². The lowest BCUT2D eigenvalue weighted by molar-refractivity contribution is 0.204. The number of rotatable bonds is 2. The molecule has 0 amide bonds. The lowest BCUT2D eigenvalue weighted by Gasteiger charge is -2.37. The molecule has 0 saturated carbocycles. The summed E-state index contributed by atoms with van der Waals surface area (Å²) in [6, 6.07) is 5.06. The number of nitrogens with two attached hydrogens (primary N) is 1. The van der Waals surface area contributed by atoms with Crippen LogP contribution in [0.15, 0.2) is 23.1 Å². The molecular formula is C14H22N2O2S. The van der Waals surface area contributed by atoms with Gasteiger partial charge in [-0.15, -0.1) is 0 Å². The van der Waals surface area contributed by atoms with Gasteiger partial charge in [-0.25, -0.2) is 8.42 Å². The van der Waals surface area contributed by atoms with Crippen molar-refractivity contribution < 1.29 is 8.42 Å². The van der Waals surface area contributed by atoms with Gasteiger partial charge in [0, 0.05) is 17.8 Å². The normalized spacial score (nSPS) is 25.4. The van der Waals surface area contributed by atoms with Crippen LogP contribution in [0.4, 0.5) is 5.69 Å². The first kappa shape index (κ1) is 14.3. The highest BCUT2D eigenvalue weighted by Crippen LogP contribution is 2.30. The summed E-state index contributed by atoms with van der Waals surface area (Å²) in [4.78, 5) is 0.347. The fraction of sp³-hybridized carbons (Fsp3) is 0.571. The number of hydrogen-bond acceptors (Lipinski definition) is 3. The Morgan fingerprint density at radius 1 is 1.21 bits per heavy atom. The van der Waals surface area contributed by atoms with Crippen molar-refractivity contribution in [3.63, 3.8) is 0 Å². The number of piperidine rings is 1. The van der Waals surface area contributed by atoms with E-state index in [1.54, 1.807) is 22.5 Å². The van der Waals surface area contributed by atoms with Crippen LogP contribution in [0.2, 0.25) is 0 Å². The molecule has 1 aromatic carbocycles. The van der Waals surface area contributed by atoms with E-state index in [0.29, 0.717) is 10.6 Å². The van der Waals surface area contributed by atoms with E-state index in [1.165, 1.54) is 0 Å². The summed E-state index contributed by atoms with van der Waals surface area (Å²) in [5.41, 5.74) is 7.18. The van der Waals surface area contributed by atoms with Crippen molar-refractivity contribution in [3.8, 4) is 0 Å². The Labute approximate surface area is 115 Å². The largest absolute Gasteiger partial charge is 0.399 e. The molecule has 1 fully saturated rings. The number of nitrogen functional groups attached to an aromatic ring is 1. The first-order valence-electron chi connectivity index (χ1n) is 6.73. The fourth-order valence-corrected chi connectivity index (χ4v) is 4.77. The van der Waals surface area contributed by atoms with E-state index < -0.39 is 10.0 Å². The van der Waals surface area contributed by atoms with Crippen molar-refractivity contribution in [2.45, 2.75) is 57.0 Å². The van der Waals surface area contributed by atoms with Gasteiger partial charge in [-0.3, -0.25) is 0 Å². The first-order chi connectivity index (χ1) is 8.84. The van der Waals surface area contributed by atoms with Crippen LogP contribution in [-0.4, -0.2) is 24.8 Å². The van der Waals surface area contributed by atoms with Crippen LogP contribution < -0.4 is 5.73 Å². The van der Waals surface area contributed by atoms with Crippen molar-refractivity contribution in [2.24, 2.45) is 0 Å². The first-order valence-corrected chi connectivity index (χ1v) is 8.17. The van der Waals surface area contributed by atoms with E-state index in [4.69, 9.17) is 5.73 Å². The van der Waals surface area contributed by atoms with E-state index in [2.05, 4.69) is 0 Å². The molecule has 5 heteroatoms. The molecule has 19 heavy (non-hydrogen) atoms. The third kappa shape index (κ3) is 2.62. The lowest BCUT2D eigenvalue weighted by Crippen LogP contribution is -2.47. The van der Waals surface area contributed by atoms with Crippen molar-refractivity contribution >= 4 is 15.7 Å². The summed E-state index contributed by atoms with van der Waals surface area (Å²) in [5.74, 6) is 0. The van der Waals surface area contributed by atoms with Gasteiger partial charge in [0.15, 0.2) is 0 Å². The molecule has 0 spiro atoms. The van der Waals surface area contributed by atoms with Crippen molar-refractivity contribution in [3.05, 3.63) is 23.8 Å². The molecule has 1 heterocycles. The van der Waals surface area contributed by atoms with Gasteiger partial charge in [-0.1, -0.05) is 6.42 Å². The second kappa shape index (κ2) is 5.13. The zero-order chi connectivity index (χ0) is 14.2. The Bertz CT molecular complexity index is 559. The monoisotopic (exact) mass is 282 g/mol. The third-order valence-electron chi connectivity index (χ3n) is 3.93. The highest BCUT2D eigenvalue weighted by Gasteiger charge is 2.35. The zero-order valence-electron chi connectivity index (χ0n) is 11.8. The predicted molar refractivity (Wildman–Crippen MR) is 77.4 cm³/mol. The average Bonchev–Trinajstić information content (AvgIpc) is 2.32. The van der Waals surface area contributed by atoms with Gasteiger partial charge in [0.25, 0.3) is 0 Å². The minimum atomic E-state index is -3.42. The van der Waals surface area contributed by atoms with E-state index >= 15 is 0 Å². The molecule has 0 aromatic heterocycles. The molecule has 1 aromatic rings. The number of anilines is 1. The molecule has 0 bridgehead atoms. The van der Waals surface area contributed by atoms with Gasteiger partial charge in [-0.2, -0.15) is 4.31 Å². The number of aryl methyl sites for hydroxylation is 1. The molecule has 2 unspecified atom stereocenters. The number of benzene rings is 1. The molecule has 4 nitrogen and oxygen atoms in total. The fourth-order valence-electron chi connectivity index (χ4n) is 2.80. The maximum absolute atomic E-state index is 12.8. The molecule has 2 atom stereocenters. The Balaban J connectivity index is 2.43. The molecule has 1 saturated heterocycles. The van der Waals surface area contributed by atoms with Crippen LogP contribution >= 0.6 is 0 Å². The van der Waals surface area contributed by atoms with Crippen LogP contribution in [0.1, 0.15) is 38.7 Å². The van der Waals surface area contributed by atoms with Crippen LogP contribution in [0, 0.1) is 6.92 Å². The van der Waals surface area contributed by atoms with Crippen LogP contribution in [0.25, 0.3) is 0 Å². The number of nitrogens with zero attached hydrogens (tertiary/aromatic N) is 1. The standard InChI is InChI=1S/C14H22N2O2S/c1-10-9-13(7-8-14(10)15)19(17,18)16-11(2)5-4-6-12(16)3/h7-9,11-12H,4-6,15H2,1-3H3. The van der Waals surface area contributed by atoms with Gasteiger partial charge in [0.2, 0.25) is 10.0 Å². The van der Waals surface area contributed by atoms with E-state index in [1.807, 2.05) is 20.8 Å². The Kier molecular flexibility index (Phi) is 3.87. The molecule has 2 rings (SSSR count). The maximum Gasteiger partial charge on any atom is 0.243 e. The Morgan fingerprint density at radius 2 is 1.79 bits per heavy atom. The summed E-state index contributed by atoms with van der Waals surface area (Å²) >= 11 is 0. The van der Waals surface area contributed by atoms with Crippen LogP contribution in [0.3, 0.4) is 0 Å². The van der Waals surface area contributed by atoms with Gasteiger partial charge < -0.3 is 5.73 Å². The SMILES string of the molecule is Cc1cc(S(=O)(=O)N2C(C)CCCC2C)ccc1N. The Hall–Kier alpha value is -1.07. The smallest absolute Gasteiger partial charge is 0.243 e. The number of sulfonamides is 1. The molecule has 1 aliphatic rings.